The molecule has 0 saturated carbocycles. The molecular formula is C15H20N6O2. The van der Waals surface area contributed by atoms with Crippen LogP contribution in [0.4, 0.5) is 0 Å². The summed E-state index contributed by atoms with van der Waals surface area (Å²) in [5.41, 5.74) is 6.70. The molecule has 1 aliphatic rings. The number of H-pyrrole nitrogens is 1. The maximum atomic E-state index is 12.6. The average Bonchev–Trinajstić information content (AvgIpc) is 3.15. The molecule has 1 fully saturated rings. The first-order valence-corrected chi connectivity index (χ1v) is 7.52. The molecule has 3 rings (SSSR count). The van der Waals surface area contributed by atoms with Gasteiger partial charge in [-0.15, -0.1) is 0 Å². The second kappa shape index (κ2) is 5.53. The number of primary amides is 1. The maximum absolute atomic E-state index is 12.6. The van der Waals surface area contributed by atoms with Crippen molar-refractivity contribution >= 4 is 11.8 Å². The van der Waals surface area contributed by atoms with Crippen LogP contribution in [0.25, 0.3) is 0 Å². The van der Waals surface area contributed by atoms with Crippen LogP contribution in [-0.4, -0.2) is 49.8 Å². The molecule has 2 amide bonds. The van der Waals surface area contributed by atoms with Crippen LogP contribution in [0.5, 0.6) is 0 Å². The van der Waals surface area contributed by atoms with E-state index in [4.69, 9.17) is 5.73 Å². The van der Waals surface area contributed by atoms with Crippen molar-refractivity contribution in [3.8, 4) is 0 Å². The minimum Gasteiger partial charge on any atom is -0.365 e. The number of rotatable bonds is 3. The SMILES string of the molecule is Cn1cc(C(=O)N2CCCC(C)(c3[nH]ncc3C(N)=O)C2)cn1. The smallest absolute Gasteiger partial charge is 0.257 e. The molecule has 0 bridgehead atoms. The van der Waals surface area contributed by atoms with Crippen LogP contribution >= 0.6 is 0 Å². The summed E-state index contributed by atoms with van der Waals surface area (Å²) in [6, 6.07) is 0. The predicted molar refractivity (Wildman–Crippen MR) is 82.8 cm³/mol. The zero-order chi connectivity index (χ0) is 16.6. The van der Waals surface area contributed by atoms with Crippen molar-refractivity contribution in [1.82, 2.24) is 24.9 Å². The molecule has 3 heterocycles. The molecule has 0 radical (unpaired) electrons. The molecule has 2 aromatic rings. The van der Waals surface area contributed by atoms with Gasteiger partial charge in [-0.25, -0.2) is 0 Å². The number of hydrogen-bond acceptors (Lipinski definition) is 4. The van der Waals surface area contributed by atoms with Gasteiger partial charge in [-0.1, -0.05) is 6.92 Å². The summed E-state index contributed by atoms with van der Waals surface area (Å²) in [6.45, 7) is 3.21. The summed E-state index contributed by atoms with van der Waals surface area (Å²) in [7, 11) is 1.78. The van der Waals surface area contributed by atoms with Gasteiger partial charge in [0.25, 0.3) is 11.8 Å². The number of carbonyl (C=O) groups is 2. The Morgan fingerprint density at radius 1 is 1.39 bits per heavy atom. The summed E-state index contributed by atoms with van der Waals surface area (Å²) in [5, 5.41) is 10.9. The Hall–Kier alpha value is -2.64. The van der Waals surface area contributed by atoms with E-state index in [-0.39, 0.29) is 11.3 Å². The Morgan fingerprint density at radius 2 is 2.17 bits per heavy atom. The third kappa shape index (κ3) is 2.71. The largest absolute Gasteiger partial charge is 0.365 e. The molecule has 0 aliphatic carbocycles. The molecule has 0 spiro atoms. The van der Waals surface area contributed by atoms with Gasteiger partial charge in [-0.05, 0) is 12.8 Å². The molecule has 23 heavy (non-hydrogen) atoms. The van der Waals surface area contributed by atoms with E-state index >= 15 is 0 Å². The van der Waals surface area contributed by atoms with Crippen LogP contribution < -0.4 is 5.73 Å². The number of nitrogens with two attached hydrogens (primary N) is 1. The second-order valence-electron chi connectivity index (χ2n) is 6.32. The third-order valence-electron chi connectivity index (χ3n) is 4.44. The van der Waals surface area contributed by atoms with Crippen molar-refractivity contribution in [3.05, 3.63) is 35.4 Å². The number of aromatic amines is 1. The zero-order valence-corrected chi connectivity index (χ0v) is 13.2. The van der Waals surface area contributed by atoms with E-state index in [1.165, 1.54) is 6.20 Å². The highest BCUT2D eigenvalue weighted by atomic mass is 16.2. The summed E-state index contributed by atoms with van der Waals surface area (Å²) in [6.07, 6.45) is 6.43. The van der Waals surface area contributed by atoms with Gasteiger partial charge in [0.15, 0.2) is 0 Å². The van der Waals surface area contributed by atoms with Gasteiger partial charge in [-0.2, -0.15) is 10.2 Å². The molecule has 1 unspecified atom stereocenters. The lowest BCUT2D eigenvalue weighted by Crippen LogP contribution is -2.47. The Bertz CT molecular complexity index is 749. The van der Waals surface area contributed by atoms with E-state index in [9.17, 15) is 9.59 Å². The normalized spacial score (nSPS) is 21.4. The molecule has 8 heteroatoms. The average molecular weight is 316 g/mol. The molecule has 1 saturated heterocycles. The van der Waals surface area contributed by atoms with Crippen molar-refractivity contribution in [3.63, 3.8) is 0 Å². The molecule has 122 valence electrons. The van der Waals surface area contributed by atoms with E-state index in [1.54, 1.807) is 29.0 Å². The first-order chi connectivity index (χ1) is 10.9. The van der Waals surface area contributed by atoms with Crippen LogP contribution in [0.2, 0.25) is 0 Å². The molecule has 0 aromatic carbocycles. The molecule has 2 aromatic heterocycles. The van der Waals surface area contributed by atoms with Crippen molar-refractivity contribution < 1.29 is 9.59 Å². The van der Waals surface area contributed by atoms with E-state index in [1.807, 2.05) is 6.92 Å². The quantitative estimate of drug-likeness (QED) is 0.856. The number of aryl methyl sites for hydroxylation is 1. The third-order valence-corrected chi connectivity index (χ3v) is 4.44. The lowest BCUT2D eigenvalue weighted by Gasteiger charge is -2.40. The van der Waals surface area contributed by atoms with Gasteiger partial charge in [0, 0.05) is 31.7 Å². The van der Waals surface area contributed by atoms with Crippen LogP contribution in [0.15, 0.2) is 18.6 Å². The predicted octanol–water partition coefficient (Wildman–Crippen LogP) is 0.436. The fourth-order valence-electron chi connectivity index (χ4n) is 3.26. The Labute approximate surface area is 133 Å². The highest BCUT2D eigenvalue weighted by Gasteiger charge is 2.38. The number of nitrogens with one attached hydrogen (secondary N) is 1. The fraction of sp³-hybridized carbons (Fsp3) is 0.467. The highest BCUT2D eigenvalue weighted by Crippen LogP contribution is 2.34. The lowest BCUT2D eigenvalue weighted by molar-refractivity contribution is 0.0647. The Balaban J connectivity index is 1.86. The number of amides is 2. The number of likely N-dealkylation sites (tertiary alicyclic amines) is 1. The van der Waals surface area contributed by atoms with E-state index in [0.29, 0.717) is 29.9 Å². The lowest BCUT2D eigenvalue weighted by atomic mass is 9.77. The van der Waals surface area contributed by atoms with E-state index < -0.39 is 5.91 Å². The maximum Gasteiger partial charge on any atom is 0.257 e. The first-order valence-electron chi connectivity index (χ1n) is 7.52. The minimum absolute atomic E-state index is 0.0517. The first kappa shape index (κ1) is 15.3. The van der Waals surface area contributed by atoms with Gasteiger partial charge in [-0.3, -0.25) is 19.4 Å². The molecular weight excluding hydrogens is 296 g/mol. The van der Waals surface area contributed by atoms with Crippen molar-refractivity contribution in [2.24, 2.45) is 12.8 Å². The Kier molecular flexibility index (Phi) is 3.67. The standard InChI is InChI=1S/C15H20N6O2/c1-15(12-11(13(16)22)7-17-19-12)4-3-5-21(9-15)14(23)10-6-18-20(2)8-10/h6-8H,3-5,9H2,1-2H3,(H2,16,22)(H,17,19). The van der Waals surface area contributed by atoms with Gasteiger partial charge in [0.05, 0.1) is 29.2 Å². The number of hydrogen-bond donors (Lipinski definition) is 2. The molecule has 1 atom stereocenters. The van der Waals surface area contributed by atoms with Crippen LogP contribution in [0, 0.1) is 0 Å². The van der Waals surface area contributed by atoms with Crippen molar-refractivity contribution in [2.45, 2.75) is 25.2 Å². The number of piperidine rings is 1. The number of carbonyl (C=O) groups excluding carboxylic acids is 2. The zero-order valence-electron chi connectivity index (χ0n) is 13.2. The van der Waals surface area contributed by atoms with Crippen molar-refractivity contribution in [2.75, 3.05) is 13.1 Å². The van der Waals surface area contributed by atoms with Crippen LogP contribution in [0.1, 0.15) is 46.2 Å². The summed E-state index contributed by atoms with van der Waals surface area (Å²) in [4.78, 5) is 26.0. The summed E-state index contributed by atoms with van der Waals surface area (Å²) >= 11 is 0. The minimum atomic E-state index is -0.509. The summed E-state index contributed by atoms with van der Waals surface area (Å²) < 4.78 is 1.61. The number of aromatic nitrogens is 4. The highest BCUT2D eigenvalue weighted by molar-refractivity contribution is 5.95. The molecule has 3 N–H and O–H groups in total. The van der Waals surface area contributed by atoms with E-state index in [2.05, 4.69) is 15.3 Å². The fourth-order valence-corrected chi connectivity index (χ4v) is 3.26. The van der Waals surface area contributed by atoms with E-state index in [0.717, 1.165) is 12.8 Å². The molecule has 8 nitrogen and oxygen atoms in total. The van der Waals surface area contributed by atoms with Crippen LogP contribution in [0.3, 0.4) is 0 Å². The number of nitrogens with zero attached hydrogens (tertiary/aromatic N) is 4. The van der Waals surface area contributed by atoms with Gasteiger partial charge >= 0.3 is 0 Å². The van der Waals surface area contributed by atoms with Crippen molar-refractivity contribution in [1.29, 1.82) is 0 Å². The van der Waals surface area contributed by atoms with Gasteiger partial charge in [0.2, 0.25) is 0 Å². The summed E-state index contributed by atoms with van der Waals surface area (Å²) in [5.74, 6) is -0.560. The monoisotopic (exact) mass is 316 g/mol. The van der Waals surface area contributed by atoms with Gasteiger partial charge in [0.1, 0.15) is 0 Å². The van der Waals surface area contributed by atoms with Crippen LogP contribution in [-0.2, 0) is 12.5 Å². The second-order valence-corrected chi connectivity index (χ2v) is 6.32. The molecule has 1 aliphatic heterocycles. The van der Waals surface area contributed by atoms with Gasteiger partial charge < -0.3 is 10.6 Å². The topological polar surface area (TPSA) is 110 Å². The Morgan fingerprint density at radius 3 is 2.83 bits per heavy atom.